The molecule has 7 nitrogen and oxygen atoms in total. The lowest BCUT2D eigenvalue weighted by molar-refractivity contribution is 0.0526. The Morgan fingerprint density at radius 1 is 1.27 bits per heavy atom. The number of hydrogen-bond acceptors (Lipinski definition) is 5. The molecule has 26 heavy (non-hydrogen) atoms. The molecule has 140 valence electrons. The molecule has 1 heterocycles. The Bertz CT molecular complexity index is 763. The Hall–Kier alpha value is -2.77. The molecule has 0 atom stereocenters. The lowest BCUT2D eigenvalue weighted by Gasteiger charge is -2.19. The number of imidazole rings is 1. The van der Waals surface area contributed by atoms with E-state index in [2.05, 4.69) is 20.5 Å². The van der Waals surface area contributed by atoms with E-state index in [1.54, 1.807) is 18.3 Å². The van der Waals surface area contributed by atoms with E-state index in [-0.39, 0.29) is 5.82 Å². The first kappa shape index (κ1) is 19.6. The van der Waals surface area contributed by atoms with Crippen molar-refractivity contribution in [3.63, 3.8) is 0 Å². The highest BCUT2D eigenvalue weighted by Gasteiger charge is 2.15. The van der Waals surface area contributed by atoms with Crippen LogP contribution >= 0.6 is 0 Å². The van der Waals surface area contributed by atoms with Gasteiger partial charge in [-0.1, -0.05) is 0 Å². The molecular weight excluding hydrogens is 337 g/mol. The third-order valence-electron chi connectivity index (χ3n) is 3.30. The van der Waals surface area contributed by atoms with Gasteiger partial charge in [0.2, 0.25) is 0 Å². The minimum atomic E-state index is -0.505. The van der Waals surface area contributed by atoms with Crippen LogP contribution in [0.1, 0.15) is 33.0 Å². The van der Waals surface area contributed by atoms with Gasteiger partial charge in [0.15, 0.2) is 5.82 Å². The first-order chi connectivity index (χ1) is 12.2. The predicted molar refractivity (Wildman–Crippen MR) is 96.4 cm³/mol. The van der Waals surface area contributed by atoms with E-state index < -0.39 is 11.7 Å². The molecule has 2 aromatic rings. The van der Waals surface area contributed by atoms with Gasteiger partial charge in [0.05, 0.1) is 11.9 Å². The molecule has 1 aromatic carbocycles. The largest absolute Gasteiger partial charge is 0.444 e. The predicted octanol–water partition coefficient (Wildman–Crippen LogP) is 4.66. The van der Waals surface area contributed by atoms with Crippen LogP contribution in [0.15, 0.2) is 40.7 Å². The third kappa shape index (κ3) is 6.62. The number of rotatable bonds is 6. The van der Waals surface area contributed by atoms with E-state index in [1.165, 1.54) is 12.1 Å². The van der Waals surface area contributed by atoms with Crippen LogP contribution in [0, 0.1) is 12.7 Å². The maximum atomic E-state index is 12.9. The number of carbonyl (C=O) groups excluding carboxylic acids is 1. The highest BCUT2D eigenvalue weighted by molar-refractivity contribution is 5.67. The Morgan fingerprint density at radius 2 is 1.96 bits per heavy atom. The van der Waals surface area contributed by atoms with Crippen LogP contribution in [0.5, 0.6) is 0 Å². The number of amides is 1. The topological polar surface area (TPSA) is 80.9 Å². The van der Waals surface area contributed by atoms with Crippen LogP contribution in [0.3, 0.4) is 0 Å². The number of aromatic nitrogens is 2. The minimum Gasteiger partial charge on any atom is -0.444 e. The van der Waals surface area contributed by atoms with Gasteiger partial charge in [-0.15, -0.1) is 10.2 Å². The van der Waals surface area contributed by atoms with Crippen molar-refractivity contribution in [2.75, 3.05) is 6.54 Å². The summed E-state index contributed by atoms with van der Waals surface area (Å²) in [5, 5.41) is 10.8. The second kappa shape index (κ2) is 8.55. The zero-order valence-corrected chi connectivity index (χ0v) is 15.5. The van der Waals surface area contributed by atoms with E-state index in [9.17, 15) is 9.18 Å². The Balaban J connectivity index is 1.82. The van der Waals surface area contributed by atoms with Crippen molar-refractivity contribution >= 4 is 17.6 Å². The van der Waals surface area contributed by atoms with E-state index in [0.717, 1.165) is 12.2 Å². The summed E-state index contributed by atoms with van der Waals surface area (Å²) in [5.41, 5.74) is 0.0512. The summed E-state index contributed by atoms with van der Waals surface area (Å²) in [4.78, 5) is 15.9. The zero-order valence-electron chi connectivity index (χ0n) is 15.5. The standard InChI is InChI=1S/C18H24FN5O2/c1-13-21-16(23-22-15-8-6-14(19)7-9-15)12-24(13)11-5-10-20-17(25)26-18(2,3)4/h6-9,12H,5,10-11H2,1-4H3,(H,20,25). The molecule has 0 unspecified atom stereocenters. The van der Waals surface area contributed by atoms with Crippen LogP contribution in [-0.2, 0) is 11.3 Å². The molecule has 0 radical (unpaired) electrons. The summed E-state index contributed by atoms with van der Waals surface area (Å²) in [6.45, 7) is 8.52. The van der Waals surface area contributed by atoms with Gasteiger partial charge >= 0.3 is 6.09 Å². The molecule has 0 bridgehead atoms. The number of carbonyl (C=O) groups is 1. The Labute approximate surface area is 152 Å². The summed E-state index contributed by atoms with van der Waals surface area (Å²) >= 11 is 0. The van der Waals surface area contributed by atoms with Crippen molar-refractivity contribution in [3.05, 3.63) is 42.1 Å². The summed E-state index contributed by atoms with van der Waals surface area (Å²) in [7, 11) is 0. The van der Waals surface area contributed by atoms with E-state index in [0.29, 0.717) is 24.6 Å². The van der Waals surface area contributed by atoms with Crippen molar-refractivity contribution in [2.24, 2.45) is 10.2 Å². The van der Waals surface area contributed by atoms with Gasteiger partial charge in [0.1, 0.15) is 17.2 Å². The third-order valence-corrected chi connectivity index (χ3v) is 3.30. The van der Waals surface area contributed by atoms with E-state index >= 15 is 0 Å². The fourth-order valence-electron chi connectivity index (χ4n) is 2.14. The Kier molecular flexibility index (Phi) is 6.43. The van der Waals surface area contributed by atoms with Gasteiger partial charge in [-0.2, -0.15) is 0 Å². The van der Waals surface area contributed by atoms with Crippen LogP contribution in [0.25, 0.3) is 0 Å². The molecule has 1 aromatic heterocycles. The molecular formula is C18H24FN5O2. The second-order valence-electron chi connectivity index (χ2n) is 6.80. The molecule has 0 fully saturated rings. The molecule has 0 spiro atoms. The van der Waals surface area contributed by atoms with Gasteiger partial charge in [-0.25, -0.2) is 14.2 Å². The lowest BCUT2D eigenvalue weighted by atomic mass is 10.2. The molecule has 0 aliphatic heterocycles. The highest BCUT2D eigenvalue weighted by Crippen LogP contribution is 2.18. The lowest BCUT2D eigenvalue weighted by Crippen LogP contribution is -2.33. The van der Waals surface area contributed by atoms with Crippen LogP contribution in [0.4, 0.5) is 20.7 Å². The Morgan fingerprint density at radius 3 is 2.62 bits per heavy atom. The number of ether oxygens (including phenoxy) is 1. The summed E-state index contributed by atoms with van der Waals surface area (Å²) in [5.74, 6) is 0.964. The molecule has 0 aliphatic carbocycles. The average molecular weight is 361 g/mol. The summed E-state index contributed by atoms with van der Waals surface area (Å²) in [6, 6.07) is 5.75. The average Bonchev–Trinajstić information content (AvgIpc) is 2.89. The summed E-state index contributed by atoms with van der Waals surface area (Å²) in [6.07, 6.45) is 2.09. The van der Waals surface area contributed by atoms with Gasteiger partial charge in [-0.05, 0) is 58.4 Å². The summed E-state index contributed by atoms with van der Waals surface area (Å²) < 4.78 is 20.0. The first-order valence-corrected chi connectivity index (χ1v) is 8.41. The number of alkyl carbamates (subject to hydrolysis) is 1. The normalized spacial score (nSPS) is 11.7. The van der Waals surface area contributed by atoms with Gasteiger partial charge in [0.25, 0.3) is 0 Å². The molecule has 1 N–H and O–H groups in total. The van der Waals surface area contributed by atoms with Crippen LogP contribution < -0.4 is 5.32 Å². The van der Waals surface area contributed by atoms with Crippen molar-refractivity contribution in [3.8, 4) is 0 Å². The van der Waals surface area contributed by atoms with Crippen molar-refractivity contribution in [2.45, 2.75) is 46.3 Å². The van der Waals surface area contributed by atoms with E-state index in [4.69, 9.17) is 4.74 Å². The molecule has 8 heteroatoms. The van der Waals surface area contributed by atoms with E-state index in [1.807, 2.05) is 32.3 Å². The number of benzene rings is 1. The molecule has 1 amide bonds. The molecule has 0 saturated carbocycles. The quantitative estimate of drug-likeness (QED) is 0.600. The van der Waals surface area contributed by atoms with Crippen LogP contribution in [0.2, 0.25) is 0 Å². The van der Waals surface area contributed by atoms with Gasteiger partial charge < -0.3 is 14.6 Å². The number of nitrogens with one attached hydrogen (secondary N) is 1. The maximum absolute atomic E-state index is 12.9. The first-order valence-electron chi connectivity index (χ1n) is 8.41. The molecule has 2 rings (SSSR count). The minimum absolute atomic E-state index is 0.316. The van der Waals surface area contributed by atoms with Crippen molar-refractivity contribution in [1.29, 1.82) is 0 Å². The number of nitrogens with zero attached hydrogens (tertiary/aromatic N) is 4. The van der Waals surface area contributed by atoms with Crippen molar-refractivity contribution < 1.29 is 13.9 Å². The fourth-order valence-corrected chi connectivity index (χ4v) is 2.14. The number of hydrogen-bond donors (Lipinski definition) is 1. The number of azo groups is 1. The maximum Gasteiger partial charge on any atom is 0.407 e. The number of halogens is 1. The monoisotopic (exact) mass is 361 g/mol. The van der Waals surface area contributed by atoms with Crippen LogP contribution in [-0.4, -0.2) is 27.8 Å². The number of aryl methyl sites for hydroxylation is 2. The second-order valence-corrected chi connectivity index (χ2v) is 6.80. The SMILES string of the molecule is Cc1nc(N=Nc2ccc(F)cc2)cn1CCCNC(=O)OC(C)(C)C. The highest BCUT2D eigenvalue weighted by atomic mass is 19.1. The molecule has 0 aliphatic rings. The zero-order chi connectivity index (χ0) is 19.2. The van der Waals surface area contributed by atoms with Gasteiger partial charge in [-0.3, -0.25) is 0 Å². The molecule has 0 saturated heterocycles. The van der Waals surface area contributed by atoms with Gasteiger partial charge in [0, 0.05) is 13.1 Å². The van der Waals surface area contributed by atoms with Crippen molar-refractivity contribution in [1.82, 2.24) is 14.9 Å². The fraction of sp³-hybridized carbons (Fsp3) is 0.444. The smallest absolute Gasteiger partial charge is 0.407 e.